The molecule has 0 saturated carbocycles. The van der Waals surface area contributed by atoms with E-state index < -0.39 is 0 Å². The fourth-order valence-electron chi connectivity index (χ4n) is 0.782. The molecule has 0 radical (unpaired) electrons. The molecule has 1 aromatic rings. The van der Waals surface area contributed by atoms with Gasteiger partial charge in [0.15, 0.2) is 0 Å². The van der Waals surface area contributed by atoms with Crippen molar-refractivity contribution in [2.45, 2.75) is 10.7 Å². The van der Waals surface area contributed by atoms with E-state index in [1.807, 2.05) is 0 Å². The van der Waals surface area contributed by atoms with Crippen molar-refractivity contribution in [3.05, 3.63) is 32.9 Å². The fraction of sp³-hybridized carbons (Fsp3) is 0.250. The number of rotatable bonds is 2. The molecular weight excluding hydrogens is 383 g/mol. The van der Waals surface area contributed by atoms with E-state index in [4.69, 9.17) is 0 Å². The van der Waals surface area contributed by atoms with Gasteiger partial charge in [0.25, 0.3) is 0 Å². The van der Waals surface area contributed by atoms with Gasteiger partial charge in [0, 0.05) is 14.2 Å². The quantitative estimate of drug-likeness (QED) is 0.528. The zero-order chi connectivity index (χ0) is 8.27. The second-order valence-electron chi connectivity index (χ2n) is 2.19. The van der Waals surface area contributed by atoms with Gasteiger partial charge in [-0.25, -0.2) is 0 Å². The molecule has 0 nitrogen and oxygen atoms in total. The lowest BCUT2D eigenvalue weighted by atomic mass is 10.2. The van der Waals surface area contributed by atoms with E-state index in [-0.39, 0.29) is 0 Å². The molecule has 0 aromatic heterocycles. The summed E-state index contributed by atoms with van der Waals surface area (Å²) >= 11 is 9.22. The van der Waals surface area contributed by atoms with E-state index in [2.05, 4.69) is 72.6 Å². The molecule has 0 N–H and O–H groups in total. The summed E-state index contributed by atoms with van der Waals surface area (Å²) in [7, 11) is 0. The molecule has 11 heavy (non-hydrogen) atoms. The first-order valence-electron chi connectivity index (χ1n) is 3.17. The maximum atomic E-state index is 3.44. The third-order valence-corrected chi connectivity index (χ3v) is 3.67. The molecule has 60 valence electrons. The van der Waals surface area contributed by atoms with Crippen molar-refractivity contribution in [3.8, 4) is 0 Å². The van der Waals surface area contributed by atoms with Crippen LogP contribution < -0.4 is 0 Å². The lowest BCUT2D eigenvalue weighted by molar-refractivity contribution is 1.33. The second kappa shape index (κ2) is 4.82. The van der Waals surface area contributed by atoms with Crippen LogP contribution in [0.25, 0.3) is 0 Å². The zero-order valence-corrected chi connectivity index (χ0v) is 11.1. The predicted molar refractivity (Wildman–Crippen MR) is 64.4 cm³/mol. The van der Waals surface area contributed by atoms with Gasteiger partial charge >= 0.3 is 0 Å². The highest BCUT2D eigenvalue weighted by atomic mass is 127. The molecule has 0 saturated heterocycles. The van der Waals surface area contributed by atoms with Crippen molar-refractivity contribution in [2.24, 2.45) is 0 Å². The Morgan fingerprint density at radius 3 is 2.36 bits per heavy atom. The van der Waals surface area contributed by atoms with Gasteiger partial charge in [-0.05, 0) is 39.8 Å². The minimum atomic E-state index is 0.936. The highest BCUT2D eigenvalue weighted by molar-refractivity contribution is 14.1. The predicted octanol–water partition coefficient (Wildman–Crippen LogP) is 4.08. The first-order chi connectivity index (χ1) is 5.27. The first kappa shape index (κ1) is 9.99. The van der Waals surface area contributed by atoms with E-state index >= 15 is 0 Å². The van der Waals surface area contributed by atoms with E-state index in [0.29, 0.717) is 0 Å². The molecule has 3 heteroatoms. The van der Waals surface area contributed by atoms with Crippen LogP contribution in [0.3, 0.4) is 0 Å². The molecule has 0 unspecified atom stereocenters. The van der Waals surface area contributed by atoms with Crippen molar-refractivity contribution in [3.63, 3.8) is 0 Å². The lowest BCUT2D eigenvalue weighted by Crippen LogP contribution is -1.86. The van der Waals surface area contributed by atoms with Crippen LogP contribution in [0.2, 0.25) is 0 Å². The third kappa shape index (κ3) is 2.70. The van der Waals surface area contributed by atoms with Gasteiger partial charge in [0.05, 0.1) is 0 Å². The second-order valence-corrected chi connectivity index (χ2v) is 4.48. The Morgan fingerprint density at radius 2 is 1.91 bits per heavy atom. The van der Waals surface area contributed by atoms with Crippen molar-refractivity contribution < 1.29 is 0 Å². The van der Waals surface area contributed by atoms with Crippen LogP contribution in [0.5, 0.6) is 0 Å². The summed E-state index contributed by atoms with van der Waals surface area (Å²) in [5.41, 5.74) is 2.69. The Labute approximate surface area is 97.2 Å². The summed E-state index contributed by atoms with van der Waals surface area (Å²) in [6.07, 6.45) is 0. The van der Waals surface area contributed by atoms with E-state index in [1.165, 1.54) is 14.7 Å². The fourth-order valence-corrected chi connectivity index (χ4v) is 2.91. The lowest BCUT2D eigenvalue weighted by Gasteiger charge is -2.01. The molecule has 1 aromatic carbocycles. The molecule has 0 amide bonds. The van der Waals surface area contributed by atoms with Crippen LogP contribution in [-0.2, 0) is 10.7 Å². The molecule has 0 bridgehead atoms. The topological polar surface area (TPSA) is 0 Å². The van der Waals surface area contributed by atoms with Crippen LogP contribution >= 0.6 is 54.5 Å². The van der Waals surface area contributed by atoms with E-state index in [1.54, 1.807) is 0 Å². The Hall–Kier alpha value is 0.910. The minimum Gasteiger partial charge on any atom is -0.0876 e. The standard InChI is InChI=1S/C8H7Br2I/c9-4-6-1-2-7(5-10)8(11)3-6/h1-3H,4-5H2. The van der Waals surface area contributed by atoms with Crippen LogP contribution in [0.4, 0.5) is 0 Å². The van der Waals surface area contributed by atoms with Gasteiger partial charge < -0.3 is 0 Å². The van der Waals surface area contributed by atoms with Crippen LogP contribution in [0.15, 0.2) is 18.2 Å². The maximum absolute atomic E-state index is 3.44. The average Bonchev–Trinajstić information content (AvgIpc) is 2.04. The smallest absolute Gasteiger partial charge is 0.0293 e. The van der Waals surface area contributed by atoms with Gasteiger partial charge in [-0.3, -0.25) is 0 Å². The normalized spacial score (nSPS) is 10.1. The third-order valence-electron chi connectivity index (χ3n) is 1.42. The monoisotopic (exact) mass is 388 g/mol. The van der Waals surface area contributed by atoms with Crippen LogP contribution in [-0.4, -0.2) is 0 Å². The van der Waals surface area contributed by atoms with Crippen molar-refractivity contribution in [2.75, 3.05) is 0 Å². The average molecular weight is 390 g/mol. The molecule has 0 aliphatic heterocycles. The Kier molecular flexibility index (Phi) is 4.38. The SMILES string of the molecule is BrCc1ccc(CBr)c(I)c1. The van der Waals surface area contributed by atoms with E-state index in [0.717, 1.165) is 10.7 Å². The van der Waals surface area contributed by atoms with E-state index in [9.17, 15) is 0 Å². The summed E-state index contributed by atoms with van der Waals surface area (Å²) in [6.45, 7) is 0. The number of halogens is 3. The van der Waals surface area contributed by atoms with Gasteiger partial charge in [-0.2, -0.15) is 0 Å². The van der Waals surface area contributed by atoms with Crippen molar-refractivity contribution in [1.82, 2.24) is 0 Å². The largest absolute Gasteiger partial charge is 0.0876 e. The maximum Gasteiger partial charge on any atom is 0.0293 e. The van der Waals surface area contributed by atoms with Crippen molar-refractivity contribution in [1.29, 1.82) is 0 Å². The molecule has 0 spiro atoms. The Bertz CT molecular complexity index is 248. The summed E-state index contributed by atoms with van der Waals surface area (Å²) in [4.78, 5) is 0. The van der Waals surface area contributed by atoms with Gasteiger partial charge in [-0.1, -0.05) is 44.0 Å². The Morgan fingerprint density at radius 1 is 1.18 bits per heavy atom. The number of hydrogen-bond acceptors (Lipinski definition) is 0. The summed E-state index contributed by atoms with van der Waals surface area (Å²) in [6, 6.07) is 6.51. The van der Waals surface area contributed by atoms with Gasteiger partial charge in [0.1, 0.15) is 0 Å². The number of hydrogen-bond donors (Lipinski definition) is 0. The zero-order valence-electron chi connectivity index (χ0n) is 5.78. The van der Waals surface area contributed by atoms with Crippen molar-refractivity contribution >= 4 is 54.5 Å². The first-order valence-corrected chi connectivity index (χ1v) is 6.49. The van der Waals surface area contributed by atoms with Crippen LogP contribution in [0.1, 0.15) is 11.1 Å². The highest BCUT2D eigenvalue weighted by Crippen LogP contribution is 2.18. The molecule has 1 rings (SSSR count). The minimum absolute atomic E-state index is 0.936. The molecule has 0 fully saturated rings. The summed E-state index contributed by atoms with van der Waals surface area (Å²) < 4.78 is 1.33. The van der Waals surface area contributed by atoms with Gasteiger partial charge in [-0.15, -0.1) is 0 Å². The van der Waals surface area contributed by atoms with Crippen LogP contribution in [0, 0.1) is 3.57 Å². The van der Waals surface area contributed by atoms with Gasteiger partial charge in [0.2, 0.25) is 0 Å². The molecule has 0 aliphatic rings. The summed E-state index contributed by atoms with van der Waals surface area (Å²) in [5.74, 6) is 0. The number of benzene rings is 1. The molecule has 0 heterocycles. The Balaban J connectivity index is 2.99. The molecule has 0 aliphatic carbocycles. The summed E-state index contributed by atoms with van der Waals surface area (Å²) in [5, 5.41) is 1.87. The molecular formula is C8H7Br2I. The highest BCUT2D eigenvalue weighted by Gasteiger charge is 1.98. The number of alkyl halides is 2. The molecule has 0 atom stereocenters.